The van der Waals surface area contributed by atoms with E-state index in [9.17, 15) is 9.90 Å². The van der Waals surface area contributed by atoms with Gasteiger partial charge in [-0.15, -0.1) is 11.0 Å². The SMILES string of the molecule is C#CCOc1ccccc1-c1sc(=O)cc(O)[n+]1-c1ccccc1. The molecule has 118 valence electrons. The second-order valence-electron chi connectivity index (χ2n) is 4.89. The molecule has 3 aromatic rings. The van der Waals surface area contributed by atoms with Gasteiger partial charge in [-0.3, -0.25) is 4.79 Å². The predicted molar refractivity (Wildman–Crippen MR) is 93.5 cm³/mol. The van der Waals surface area contributed by atoms with E-state index in [4.69, 9.17) is 11.2 Å². The van der Waals surface area contributed by atoms with Gasteiger partial charge in [-0.1, -0.05) is 36.3 Å². The molecule has 0 unspecified atom stereocenters. The number of benzene rings is 2. The molecule has 24 heavy (non-hydrogen) atoms. The van der Waals surface area contributed by atoms with E-state index in [1.165, 1.54) is 6.07 Å². The molecule has 0 fully saturated rings. The lowest BCUT2D eigenvalue weighted by molar-refractivity contribution is -0.589. The third kappa shape index (κ3) is 3.14. The molecule has 0 saturated heterocycles. The Morgan fingerprint density at radius 3 is 2.58 bits per heavy atom. The molecule has 1 heterocycles. The molecule has 1 N–H and O–H groups in total. The monoisotopic (exact) mass is 336 g/mol. The van der Waals surface area contributed by atoms with Crippen LogP contribution in [0.2, 0.25) is 0 Å². The van der Waals surface area contributed by atoms with Gasteiger partial charge in [0.15, 0.2) is 0 Å². The average molecular weight is 336 g/mol. The smallest absolute Gasteiger partial charge is 0.377 e. The minimum absolute atomic E-state index is 0.121. The fraction of sp³-hybridized carbons (Fsp3) is 0.0526. The van der Waals surface area contributed by atoms with Crippen molar-refractivity contribution in [2.75, 3.05) is 6.61 Å². The standard InChI is InChI=1S/C19H13NO3S/c1-2-12-23-16-11-7-6-10-15(16)19-20(14-8-4-3-5-9-14)17(21)13-18(22)24-19/h1,3-11,13H,12H2/p+1. The molecule has 0 aliphatic rings. The van der Waals surface area contributed by atoms with E-state index in [2.05, 4.69) is 5.92 Å². The van der Waals surface area contributed by atoms with Crippen LogP contribution < -0.4 is 14.0 Å². The van der Waals surface area contributed by atoms with Crippen LogP contribution in [-0.4, -0.2) is 11.7 Å². The van der Waals surface area contributed by atoms with Crippen LogP contribution in [0.3, 0.4) is 0 Å². The van der Waals surface area contributed by atoms with Crippen molar-refractivity contribution in [2.24, 2.45) is 0 Å². The van der Waals surface area contributed by atoms with Crippen LogP contribution >= 0.6 is 11.3 Å². The Hall–Kier alpha value is -3.10. The van der Waals surface area contributed by atoms with Crippen LogP contribution in [-0.2, 0) is 0 Å². The molecule has 4 nitrogen and oxygen atoms in total. The van der Waals surface area contributed by atoms with Gasteiger partial charge in [0.25, 0.3) is 5.01 Å². The van der Waals surface area contributed by atoms with Gasteiger partial charge in [0.2, 0.25) is 10.4 Å². The number of terminal acetylenes is 1. The maximum atomic E-state index is 12.0. The van der Waals surface area contributed by atoms with Crippen LogP contribution in [0.15, 0.2) is 65.5 Å². The number of aromatic nitrogens is 1. The van der Waals surface area contributed by atoms with E-state index in [1.54, 1.807) is 10.6 Å². The summed E-state index contributed by atoms with van der Waals surface area (Å²) in [5, 5.41) is 10.9. The first-order chi connectivity index (χ1) is 11.7. The Morgan fingerprint density at radius 1 is 1.12 bits per heavy atom. The summed E-state index contributed by atoms with van der Waals surface area (Å²) in [6.45, 7) is 0.121. The van der Waals surface area contributed by atoms with Gasteiger partial charge in [0.05, 0.1) is 0 Å². The minimum atomic E-state index is -0.249. The average Bonchev–Trinajstić information content (AvgIpc) is 2.60. The van der Waals surface area contributed by atoms with Gasteiger partial charge >= 0.3 is 5.88 Å². The Bertz CT molecular complexity index is 958. The molecule has 5 heteroatoms. The number of hydrogen-bond donors (Lipinski definition) is 1. The normalized spacial score (nSPS) is 10.1. The van der Waals surface area contributed by atoms with Gasteiger partial charge in [-0.25, -0.2) is 0 Å². The highest BCUT2D eigenvalue weighted by Crippen LogP contribution is 2.30. The fourth-order valence-corrected chi connectivity index (χ4v) is 3.26. The highest BCUT2D eigenvalue weighted by Gasteiger charge is 2.25. The Labute approximate surface area is 143 Å². The van der Waals surface area contributed by atoms with Gasteiger partial charge in [0, 0.05) is 12.1 Å². The molecule has 0 saturated carbocycles. The Kier molecular flexibility index (Phi) is 4.59. The summed E-state index contributed by atoms with van der Waals surface area (Å²) in [5.74, 6) is 2.85. The number of nitrogens with zero attached hydrogens (tertiary/aromatic N) is 1. The van der Waals surface area contributed by atoms with Crippen LogP contribution in [0.4, 0.5) is 0 Å². The zero-order chi connectivity index (χ0) is 16.9. The van der Waals surface area contributed by atoms with Crippen molar-refractivity contribution >= 4 is 11.3 Å². The summed E-state index contributed by atoms with van der Waals surface area (Å²) in [6.07, 6.45) is 5.27. The van der Waals surface area contributed by atoms with Crippen LogP contribution in [0.1, 0.15) is 0 Å². The van der Waals surface area contributed by atoms with Crippen molar-refractivity contribution in [2.45, 2.75) is 0 Å². The number of ether oxygens (including phenoxy) is 1. The zero-order valence-electron chi connectivity index (χ0n) is 12.7. The summed E-state index contributed by atoms with van der Waals surface area (Å²) in [7, 11) is 0. The molecule has 0 radical (unpaired) electrons. The second-order valence-corrected chi connectivity index (χ2v) is 5.88. The molecular formula is C19H14NO3S+. The third-order valence-electron chi connectivity index (χ3n) is 3.32. The number of aromatic hydroxyl groups is 1. The zero-order valence-corrected chi connectivity index (χ0v) is 13.5. The summed E-state index contributed by atoms with van der Waals surface area (Å²) >= 11 is 1.03. The van der Waals surface area contributed by atoms with Crippen molar-refractivity contribution in [1.29, 1.82) is 0 Å². The van der Waals surface area contributed by atoms with E-state index < -0.39 is 0 Å². The first kappa shape index (κ1) is 15.8. The van der Waals surface area contributed by atoms with Crippen LogP contribution in [0.5, 0.6) is 11.6 Å². The van der Waals surface area contributed by atoms with Crippen molar-refractivity contribution < 1.29 is 14.4 Å². The first-order valence-electron chi connectivity index (χ1n) is 7.21. The summed E-state index contributed by atoms with van der Waals surface area (Å²) in [6, 6.07) is 17.8. The number of hydrogen-bond acceptors (Lipinski definition) is 4. The lowest BCUT2D eigenvalue weighted by Gasteiger charge is -2.08. The van der Waals surface area contributed by atoms with Crippen molar-refractivity contribution in [3.05, 3.63) is 70.2 Å². The summed E-state index contributed by atoms with van der Waals surface area (Å²) in [5.41, 5.74) is 1.43. The van der Waals surface area contributed by atoms with Crippen molar-refractivity contribution in [3.63, 3.8) is 0 Å². The van der Waals surface area contributed by atoms with E-state index in [0.29, 0.717) is 16.3 Å². The molecular weight excluding hydrogens is 322 g/mol. The molecule has 3 rings (SSSR count). The Morgan fingerprint density at radius 2 is 1.83 bits per heavy atom. The van der Waals surface area contributed by atoms with Gasteiger partial charge in [0.1, 0.15) is 24.0 Å². The molecule has 0 atom stereocenters. The third-order valence-corrected chi connectivity index (χ3v) is 4.23. The van der Waals surface area contributed by atoms with Crippen LogP contribution in [0, 0.1) is 12.3 Å². The van der Waals surface area contributed by atoms with Gasteiger partial charge in [-0.2, -0.15) is 0 Å². The largest absolute Gasteiger partial charge is 0.480 e. The second kappa shape index (κ2) is 6.99. The topological polar surface area (TPSA) is 50.4 Å². The molecule has 0 bridgehead atoms. The van der Waals surface area contributed by atoms with E-state index in [1.807, 2.05) is 48.5 Å². The van der Waals surface area contributed by atoms with E-state index >= 15 is 0 Å². The lowest BCUT2D eigenvalue weighted by Crippen LogP contribution is -2.34. The molecule has 0 aliphatic heterocycles. The molecule has 0 amide bonds. The predicted octanol–water partition coefficient (Wildman–Crippen LogP) is 2.77. The maximum absolute atomic E-state index is 12.0. The minimum Gasteiger partial charge on any atom is -0.480 e. The van der Waals surface area contributed by atoms with Gasteiger partial charge in [-0.05, 0) is 23.5 Å². The lowest BCUT2D eigenvalue weighted by atomic mass is 10.2. The van der Waals surface area contributed by atoms with Crippen molar-refractivity contribution in [3.8, 4) is 40.2 Å². The summed E-state index contributed by atoms with van der Waals surface area (Å²) in [4.78, 5) is 12.0. The highest BCUT2D eigenvalue weighted by molar-refractivity contribution is 7.12. The van der Waals surface area contributed by atoms with Gasteiger partial charge < -0.3 is 9.84 Å². The highest BCUT2D eigenvalue weighted by atomic mass is 32.1. The molecule has 1 aromatic heterocycles. The van der Waals surface area contributed by atoms with E-state index in [-0.39, 0.29) is 17.2 Å². The fourth-order valence-electron chi connectivity index (χ4n) is 2.34. The molecule has 2 aromatic carbocycles. The van der Waals surface area contributed by atoms with E-state index in [0.717, 1.165) is 17.0 Å². The molecule has 0 spiro atoms. The Balaban J connectivity index is 2.26. The van der Waals surface area contributed by atoms with Crippen LogP contribution in [0.25, 0.3) is 16.3 Å². The molecule has 0 aliphatic carbocycles. The quantitative estimate of drug-likeness (QED) is 0.589. The first-order valence-corrected chi connectivity index (χ1v) is 8.02. The number of para-hydroxylation sites is 2. The van der Waals surface area contributed by atoms with Crippen molar-refractivity contribution in [1.82, 2.24) is 0 Å². The number of rotatable bonds is 4. The maximum Gasteiger partial charge on any atom is 0.377 e. The summed E-state index contributed by atoms with van der Waals surface area (Å²) < 4.78 is 6.95.